The topological polar surface area (TPSA) is 102 Å². The molecule has 2 fully saturated rings. The van der Waals surface area contributed by atoms with E-state index >= 15 is 0 Å². The lowest BCUT2D eigenvalue weighted by molar-refractivity contribution is 0.0973. The molecule has 3 aromatic heterocycles. The van der Waals surface area contributed by atoms with Crippen LogP contribution in [-0.2, 0) is 0 Å². The van der Waals surface area contributed by atoms with E-state index in [0.717, 1.165) is 17.9 Å². The number of nitrogens with one attached hydrogen (secondary N) is 1. The summed E-state index contributed by atoms with van der Waals surface area (Å²) in [6.07, 6.45) is 14.4. The van der Waals surface area contributed by atoms with E-state index in [2.05, 4.69) is 44.3 Å². The van der Waals surface area contributed by atoms with Gasteiger partial charge in [0.1, 0.15) is 22.9 Å². The second-order valence-corrected chi connectivity index (χ2v) is 10.2. The minimum absolute atomic E-state index is 0.0583. The summed E-state index contributed by atoms with van der Waals surface area (Å²) in [5, 5.41) is 24.2. The first-order chi connectivity index (χ1) is 14.4. The highest BCUT2D eigenvalue weighted by atomic mass is 32.2. The predicted molar refractivity (Wildman–Crippen MR) is 115 cm³/mol. The maximum Gasteiger partial charge on any atom is 0.187 e. The van der Waals surface area contributed by atoms with Gasteiger partial charge in [-0.25, -0.2) is 15.0 Å². The highest BCUT2D eigenvalue weighted by Crippen LogP contribution is 2.45. The van der Waals surface area contributed by atoms with E-state index in [-0.39, 0.29) is 16.8 Å². The fourth-order valence-corrected chi connectivity index (χ4v) is 6.39. The van der Waals surface area contributed by atoms with E-state index in [1.165, 1.54) is 19.3 Å². The molecule has 8 nitrogen and oxygen atoms in total. The number of fused-ring (bicyclic) bond motifs is 2. The minimum atomic E-state index is 0.0583. The molecule has 2 saturated heterocycles. The molecule has 9 heteroatoms. The smallest absolute Gasteiger partial charge is 0.187 e. The fraction of sp³-hybridized carbons (Fsp3) is 0.476. The van der Waals surface area contributed by atoms with Gasteiger partial charge in [0.25, 0.3) is 0 Å². The molecule has 3 aromatic rings. The van der Waals surface area contributed by atoms with Crippen molar-refractivity contribution in [3.63, 3.8) is 0 Å². The van der Waals surface area contributed by atoms with Crippen LogP contribution in [0, 0.1) is 0 Å². The van der Waals surface area contributed by atoms with Crippen LogP contribution in [-0.4, -0.2) is 51.2 Å². The van der Waals surface area contributed by atoms with Gasteiger partial charge in [-0.05, 0) is 46.0 Å². The Bertz CT molecular complexity index is 1020. The lowest BCUT2D eigenvalue weighted by Gasteiger charge is -2.53. The number of aromatic nitrogens is 6. The van der Waals surface area contributed by atoms with Gasteiger partial charge in [-0.1, -0.05) is 11.8 Å². The maximum absolute atomic E-state index is 10.4. The highest BCUT2D eigenvalue weighted by molar-refractivity contribution is 7.99. The molecule has 1 unspecified atom stereocenters. The summed E-state index contributed by atoms with van der Waals surface area (Å²) >= 11 is 1.76. The van der Waals surface area contributed by atoms with Crippen molar-refractivity contribution in [2.45, 2.75) is 67.3 Å². The summed E-state index contributed by atoms with van der Waals surface area (Å²) in [6.45, 7) is 4.68. The number of aromatic hydroxyl groups is 1. The van der Waals surface area contributed by atoms with Crippen LogP contribution in [0.2, 0.25) is 0 Å². The van der Waals surface area contributed by atoms with Gasteiger partial charge in [-0.3, -0.25) is 4.57 Å². The van der Waals surface area contributed by atoms with Crippen molar-refractivity contribution in [2.24, 2.45) is 0 Å². The summed E-state index contributed by atoms with van der Waals surface area (Å²) in [5.74, 6) is 0.998. The van der Waals surface area contributed by atoms with Gasteiger partial charge in [0, 0.05) is 41.0 Å². The summed E-state index contributed by atoms with van der Waals surface area (Å²) < 4.78 is 1.72. The van der Waals surface area contributed by atoms with Crippen molar-refractivity contribution >= 4 is 11.8 Å². The third kappa shape index (κ3) is 3.79. The summed E-state index contributed by atoms with van der Waals surface area (Å²) in [4.78, 5) is 12.8. The lowest BCUT2D eigenvalue weighted by Crippen LogP contribution is -2.64. The standard InChI is InChI=1S/C21H25N7OS/c1-20-4-3-5-21(2,27-20)10-14(9-20)30-18-12-24-19(26-25-18)15-11-23-17(8-16(15)29)28-7-6-22-13-28/h6-8,11-14,27H,3-5,9-10H2,1-2H3,(H,23,29)/t14?,20-,21+. The van der Waals surface area contributed by atoms with Crippen LogP contribution >= 0.6 is 11.8 Å². The van der Waals surface area contributed by atoms with Gasteiger partial charge in [0.05, 0.1) is 11.8 Å². The Labute approximate surface area is 179 Å². The van der Waals surface area contributed by atoms with Crippen molar-refractivity contribution in [2.75, 3.05) is 0 Å². The molecule has 30 heavy (non-hydrogen) atoms. The summed E-state index contributed by atoms with van der Waals surface area (Å²) in [5.41, 5.74) is 0.871. The first-order valence-electron chi connectivity index (χ1n) is 10.2. The zero-order valence-electron chi connectivity index (χ0n) is 17.1. The molecule has 5 heterocycles. The number of hydrogen-bond acceptors (Lipinski definition) is 8. The Morgan fingerprint density at radius 2 is 1.93 bits per heavy atom. The second kappa shape index (κ2) is 7.31. The first kappa shape index (κ1) is 19.4. The average molecular weight is 424 g/mol. The Hall–Kier alpha value is -2.52. The zero-order chi connectivity index (χ0) is 20.8. The van der Waals surface area contributed by atoms with E-state index in [4.69, 9.17) is 0 Å². The molecule has 156 valence electrons. The molecule has 0 saturated carbocycles. The number of hydrogen-bond donors (Lipinski definition) is 2. The predicted octanol–water partition coefficient (Wildman–Crippen LogP) is 3.37. The third-order valence-electron chi connectivity index (χ3n) is 6.12. The number of piperidine rings is 2. The van der Waals surface area contributed by atoms with Gasteiger partial charge < -0.3 is 10.4 Å². The Morgan fingerprint density at radius 3 is 2.57 bits per heavy atom. The van der Waals surface area contributed by atoms with E-state index in [1.54, 1.807) is 53.5 Å². The number of nitrogens with zero attached hydrogens (tertiary/aromatic N) is 6. The van der Waals surface area contributed by atoms with Crippen LogP contribution in [0.3, 0.4) is 0 Å². The molecule has 0 amide bonds. The molecule has 0 aliphatic carbocycles. The quantitative estimate of drug-likeness (QED) is 0.659. The molecule has 2 aliphatic rings. The van der Waals surface area contributed by atoms with Crippen LogP contribution in [0.15, 0.2) is 42.2 Å². The van der Waals surface area contributed by atoms with Crippen molar-refractivity contribution in [1.29, 1.82) is 0 Å². The highest BCUT2D eigenvalue weighted by Gasteiger charge is 2.45. The van der Waals surface area contributed by atoms with Gasteiger partial charge in [0.2, 0.25) is 0 Å². The zero-order valence-corrected chi connectivity index (χ0v) is 17.9. The number of rotatable bonds is 4. The molecule has 2 aliphatic heterocycles. The van der Waals surface area contributed by atoms with Gasteiger partial charge >= 0.3 is 0 Å². The van der Waals surface area contributed by atoms with Crippen LogP contribution in [0.4, 0.5) is 0 Å². The largest absolute Gasteiger partial charge is 0.507 e. The van der Waals surface area contributed by atoms with Crippen LogP contribution in [0.1, 0.15) is 46.0 Å². The van der Waals surface area contributed by atoms with E-state index in [0.29, 0.717) is 22.5 Å². The number of pyridine rings is 1. The number of thioether (sulfide) groups is 1. The lowest BCUT2D eigenvalue weighted by atomic mass is 9.71. The molecule has 0 aromatic carbocycles. The van der Waals surface area contributed by atoms with Crippen molar-refractivity contribution in [3.05, 3.63) is 37.2 Å². The fourth-order valence-electron chi connectivity index (χ4n) is 4.94. The number of imidazole rings is 1. The summed E-state index contributed by atoms with van der Waals surface area (Å²) in [7, 11) is 0. The Balaban J connectivity index is 1.31. The van der Waals surface area contributed by atoms with Crippen LogP contribution in [0.25, 0.3) is 17.2 Å². The normalized spacial score (nSPS) is 28.4. The Kier molecular flexibility index (Phi) is 4.74. The van der Waals surface area contributed by atoms with Crippen molar-refractivity contribution in [3.8, 4) is 23.0 Å². The average Bonchev–Trinajstić information content (AvgIpc) is 3.22. The SMILES string of the molecule is C[C@]12CCC[C@](C)(CC(Sc3cnc(-c4cnc(-n5ccnc5)cc4O)nn3)C1)N2. The van der Waals surface area contributed by atoms with E-state index in [9.17, 15) is 5.11 Å². The van der Waals surface area contributed by atoms with Crippen LogP contribution in [0.5, 0.6) is 5.75 Å². The van der Waals surface area contributed by atoms with Crippen molar-refractivity contribution < 1.29 is 5.11 Å². The van der Waals surface area contributed by atoms with Crippen molar-refractivity contribution in [1.82, 2.24) is 35.0 Å². The first-order valence-corrected chi connectivity index (χ1v) is 11.1. The molecule has 0 radical (unpaired) electrons. The third-order valence-corrected chi connectivity index (χ3v) is 7.22. The van der Waals surface area contributed by atoms with E-state index in [1.807, 2.05) is 0 Å². The maximum atomic E-state index is 10.4. The molecule has 2 N–H and O–H groups in total. The summed E-state index contributed by atoms with van der Waals surface area (Å²) in [6, 6.07) is 1.57. The van der Waals surface area contributed by atoms with Gasteiger partial charge in [-0.15, -0.1) is 10.2 Å². The van der Waals surface area contributed by atoms with Gasteiger partial charge in [0.15, 0.2) is 5.82 Å². The minimum Gasteiger partial charge on any atom is -0.507 e. The second-order valence-electron chi connectivity index (χ2n) is 8.90. The molecule has 2 bridgehead atoms. The van der Waals surface area contributed by atoms with Crippen LogP contribution < -0.4 is 5.32 Å². The molecular formula is C21H25N7OS. The Morgan fingerprint density at radius 1 is 1.13 bits per heavy atom. The molecule has 5 rings (SSSR count). The van der Waals surface area contributed by atoms with E-state index < -0.39 is 0 Å². The monoisotopic (exact) mass is 423 g/mol. The molecule has 3 atom stereocenters. The molecule has 0 spiro atoms. The van der Waals surface area contributed by atoms with Gasteiger partial charge in [-0.2, -0.15) is 0 Å². The molecular weight excluding hydrogens is 398 g/mol.